The zero-order valence-corrected chi connectivity index (χ0v) is 16.2. The van der Waals surface area contributed by atoms with Gasteiger partial charge in [0, 0.05) is 58.3 Å². The van der Waals surface area contributed by atoms with Gasteiger partial charge in [0.25, 0.3) is 0 Å². The van der Waals surface area contributed by atoms with E-state index in [0.717, 1.165) is 83.9 Å². The molecule has 0 aromatic rings. The monoisotopic (exact) mass is 365 g/mol. The van der Waals surface area contributed by atoms with Gasteiger partial charge in [0.1, 0.15) is 0 Å². The third kappa shape index (κ3) is 5.10. The highest BCUT2D eigenvalue weighted by Crippen LogP contribution is 2.25. The third-order valence-corrected chi connectivity index (χ3v) is 5.92. The van der Waals surface area contributed by atoms with Crippen molar-refractivity contribution in [3.8, 4) is 0 Å². The molecule has 3 rings (SSSR count). The zero-order valence-electron chi connectivity index (χ0n) is 16.2. The number of rotatable bonds is 5. The first-order valence-electron chi connectivity index (χ1n) is 10.4. The molecule has 0 radical (unpaired) electrons. The standard InChI is InChI=1S/C19H35N5O2/c1-2-20-19(21-14-16-6-5-7-17(16)25)24-12-10-22(11-13-24)15-18(26)23-8-3-4-9-23/h16-17,25H,2-15H2,1H3,(H,20,21). The molecule has 1 aliphatic carbocycles. The second kappa shape index (κ2) is 9.55. The lowest BCUT2D eigenvalue weighted by atomic mass is 10.1. The van der Waals surface area contributed by atoms with Crippen LogP contribution >= 0.6 is 0 Å². The van der Waals surface area contributed by atoms with E-state index in [2.05, 4.69) is 22.0 Å². The fourth-order valence-electron chi connectivity index (χ4n) is 4.24. The molecule has 7 heteroatoms. The minimum absolute atomic E-state index is 0.185. The quantitative estimate of drug-likeness (QED) is 0.544. The van der Waals surface area contributed by atoms with Crippen molar-refractivity contribution in [3.05, 3.63) is 0 Å². The number of likely N-dealkylation sites (tertiary alicyclic amines) is 1. The maximum absolute atomic E-state index is 12.3. The lowest BCUT2D eigenvalue weighted by Crippen LogP contribution is -2.54. The van der Waals surface area contributed by atoms with Crippen molar-refractivity contribution in [3.63, 3.8) is 0 Å². The summed E-state index contributed by atoms with van der Waals surface area (Å²) in [6.07, 6.45) is 5.23. The highest BCUT2D eigenvalue weighted by Gasteiger charge is 2.27. The molecule has 26 heavy (non-hydrogen) atoms. The van der Waals surface area contributed by atoms with Crippen LogP contribution in [0, 0.1) is 5.92 Å². The van der Waals surface area contributed by atoms with Crippen molar-refractivity contribution < 1.29 is 9.90 Å². The van der Waals surface area contributed by atoms with E-state index in [0.29, 0.717) is 19.0 Å². The highest BCUT2D eigenvalue weighted by atomic mass is 16.3. The van der Waals surface area contributed by atoms with Gasteiger partial charge in [-0.05, 0) is 32.6 Å². The molecule has 2 atom stereocenters. The first kappa shape index (κ1) is 19.4. The summed E-state index contributed by atoms with van der Waals surface area (Å²) in [5.74, 6) is 1.55. The lowest BCUT2D eigenvalue weighted by molar-refractivity contribution is -0.131. The van der Waals surface area contributed by atoms with Gasteiger partial charge in [-0.1, -0.05) is 6.42 Å². The number of guanidine groups is 1. The maximum atomic E-state index is 12.3. The van der Waals surface area contributed by atoms with Gasteiger partial charge >= 0.3 is 0 Å². The molecule has 0 bridgehead atoms. The number of aliphatic hydroxyl groups excluding tert-OH is 1. The number of nitrogens with zero attached hydrogens (tertiary/aromatic N) is 4. The molecular weight excluding hydrogens is 330 g/mol. The first-order chi connectivity index (χ1) is 12.7. The summed E-state index contributed by atoms with van der Waals surface area (Å²) in [6.45, 7) is 9.65. The van der Waals surface area contributed by atoms with Gasteiger partial charge in [0.15, 0.2) is 5.96 Å². The van der Waals surface area contributed by atoms with Crippen molar-refractivity contribution in [2.45, 2.75) is 45.1 Å². The fraction of sp³-hybridized carbons (Fsp3) is 0.895. The van der Waals surface area contributed by atoms with E-state index in [1.54, 1.807) is 0 Å². The van der Waals surface area contributed by atoms with Crippen molar-refractivity contribution in [1.82, 2.24) is 20.0 Å². The van der Waals surface area contributed by atoms with E-state index >= 15 is 0 Å². The summed E-state index contributed by atoms with van der Waals surface area (Å²) in [5.41, 5.74) is 0. The molecule has 1 saturated carbocycles. The Morgan fingerprint density at radius 3 is 2.38 bits per heavy atom. The molecule has 2 saturated heterocycles. The molecule has 148 valence electrons. The molecule has 2 aliphatic heterocycles. The number of hydrogen-bond acceptors (Lipinski definition) is 4. The van der Waals surface area contributed by atoms with Crippen LogP contribution in [0.1, 0.15) is 39.0 Å². The lowest BCUT2D eigenvalue weighted by Gasteiger charge is -2.36. The predicted octanol–water partition coefficient (Wildman–Crippen LogP) is 0.353. The predicted molar refractivity (Wildman–Crippen MR) is 103 cm³/mol. The number of carbonyl (C=O) groups excluding carboxylic acids is 1. The largest absolute Gasteiger partial charge is 0.393 e. The van der Waals surface area contributed by atoms with Crippen LogP contribution in [0.4, 0.5) is 0 Å². The Kier molecular flexibility index (Phi) is 7.14. The van der Waals surface area contributed by atoms with Gasteiger partial charge in [-0.2, -0.15) is 0 Å². The number of nitrogens with one attached hydrogen (secondary N) is 1. The Labute approximate surface area is 157 Å². The van der Waals surface area contributed by atoms with Crippen molar-refractivity contribution in [2.24, 2.45) is 10.9 Å². The third-order valence-electron chi connectivity index (χ3n) is 5.92. The molecule has 3 fully saturated rings. The fourth-order valence-corrected chi connectivity index (χ4v) is 4.24. The van der Waals surface area contributed by atoms with Gasteiger partial charge in [-0.25, -0.2) is 0 Å². The van der Waals surface area contributed by atoms with E-state index in [4.69, 9.17) is 4.99 Å². The van der Waals surface area contributed by atoms with E-state index in [1.807, 2.05) is 4.90 Å². The molecule has 2 N–H and O–H groups in total. The van der Waals surface area contributed by atoms with Crippen LogP contribution in [0.15, 0.2) is 4.99 Å². The number of amides is 1. The molecule has 7 nitrogen and oxygen atoms in total. The van der Waals surface area contributed by atoms with Gasteiger partial charge in [-0.15, -0.1) is 0 Å². The van der Waals surface area contributed by atoms with Gasteiger partial charge < -0.3 is 20.2 Å². The number of carbonyl (C=O) groups is 1. The molecular formula is C19H35N5O2. The molecule has 0 aromatic carbocycles. The minimum Gasteiger partial charge on any atom is -0.393 e. The summed E-state index contributed by atoms with van der Waals surface area (Å²) in [4.78, 5) is 23.7. The number of aliphatic hydroxyl groups is 1. The van der Waals surface area contributed by atoms with E-state index in [9.17, 15) is 9.90 Å². The van der Waals surface area contributed by atoms with Gasteiger partial charge in [-0.3, -0.25) is 14.7 Å². The Balaban J connectivity index is 1.46. The van der Waals surface area contributed by atoms with E-state index < -0.39 is 0 Å². The topological polar surface area (TPSA) is 71.4 Å². The van der Waals surface area contributed by atoms with Crippen LogP contribution in [0.25, 0.3) is 0 Å². The average molecular weight is 366 g/mol. The first-order valence-corrected chi connectivity index (χ1v) is 10.4. The molecule has 2 unspecified atom stereocenters. The average Bonchev–Trinajstić information content (AvgIpc) is 3.31. The van der Waals surface area contributed by atoms with E-state index in [-0.39, 0.29) is 12.0 Å². The van der Waals surface area contributed by atoms with Crippen molar-refractivity contribution >= 4 is 11.9 Å². The van der Waals surface area contributed by atoms with Gasteiger partial charge in [0.2, 0.25) is 5.91 Å². The second-order valence-corrected chi connectivity index (χ2v) is 7.80. The number of hydrogen-bond donors (Lipinski definition) is 2. The summed E-state index contributed by atoms with van der Waals surface area (Å²) in [6, 6.07) is 0. The Morgan fingerprint density at radius 1 is 1.04 bits per heavy atom. The van der Waals surface area contributed by atoms with Crippen LogP contribution in [-0.2, 0) is 4.79 Å². The van der Waals surface area contributed by atoms with Crippen LogP contribution in [0.2, 0.25) is 0 Å². The van der Waals surface area contributed by atoms with Crippen LogP contribution in [0.5, 0.6) is 0 Å². The summed E-state index contributed by atoms with van der Waals surface area (Å²) in [7, 11) is 0. The summed E-state index contributed by atoms with van der Waals surface area (Å²) >= 11 is 0. The molecule has 3 aliphatic rings. The summed E-state index contributed by atoms with van der Waals surface area (Å²) < 4.78 is 0. The molecule has 2 heterocycles. The van der Waals surface area contributed by atoms with Gasteiger partial charge in [0.05, 0.1) is 12.6 Å². The molecule has 1 amide bonds. The smallest absolute Gasteiger partial charge is 0.236 e. The SMILES string of the molecule is CCNC(=NCC1CCCC1O)N1CCN(CC(=O)N2CCCC2)CC1. The van der Waals surface area contributed by atoms with Crippen LogP contribution in [-0.4, -0.2) is 96.7 Å². The van der Waals surface area contributed by atoms with Crippen LogP contribution < -0.4 is 5.32 Å². The van der Waals surface area contributed by atoms with Crippen molar-refractivity contribution in [1.29, 1.82) is 0 Å². The number of aliphatic imine (C=N–C) groups is 1. The number of piperazine rings is 1. The van der Waals surface area contributed by atoms with Crippen molar-refractivity contribution in [2.75, 3.05) is 58.9 Å². The highest BCUT2D eigenvalue weighted by molar-refractivity contribution is 5.80. The normalized spacial score (nSPS) is 28.0. The summed E-state index contributed by atoms with van der Waals surface area (Å²) in [5, 5.41) is 13.4. The Hall–Kier alpha value is -1.34. The van der Waals surface area contributed by atoms with Crippen LogP contribution in [0.3, 0.4) is 0 Å². The molecule has 0 spiro atoms. The maximum Gasteiger partial charge on any atom is 0.236 e. The second-order valence-electron chi connectivity index (χ2n) is 7.80. The molecule has 0 aromatic heterocycles. The Bertz CT molecular complexity index is 484. The zero-order chi connectivity index (χ0) is 18.4. The van der Waals surface area contributed by atoms with E-state index in [1.165, 1.54) is 0 Å². The Morgan fingerprint density at radius 2 is 1.77 bits per heavy atom. The minimum atomic E-state index is -0.185.